The molecule has 31 heavy (non-hydrogen) atoms. The second kappa shape index (κ2) is 8.89. The molecule has 0 radical (unpaired) electrons. The number of rotatable bonds is 6. The molecule has 1 aliphatic carbocycles. The molecule has 8 nitrogen and oxygen atoms in total. The van der Waals surface area contributed by atoms with Gasteiger partial charge in [-0.3, -0.25) is 19.0 Å². The number of nitrogens with zero attached hydrogens (tertiary/aromatic N) is 2. The Bertz CT molecular complexity index is 1210. The number of hydrogen-bond donors (Lipinski definition) is 2. The van der Waals surface area contributed by atoms with Crippen molar-refractivity contribution in [2.75, 3.05) is 19.0 Å². The molecule has 162 valence electrons. The van der Waals surface area contributed by atoms with Gasteiger partial charge in [0.1, 0.15) is 17.1 Å². The number of carbonyl (C=O) groups is 2. The van der Waals surface area contributed by atoms with E-state index in [4.69, 9.17) is 4.74 Å². The fraction of sp³-hybridized carbons (Fsp3) is 0.364. The van der Waals surface area contributed by atoms with E-state index in [1.165, 1.54) is 22.9 Å². The van der Waals surface area contributed by atoms with Gasteiger partial charge in [0.2, 0.25) is 11.8 Å². The predicted molar refractivity (Wildman–Crippen MR) is 120 cm³/mol. The van der Waals surface area contributed by atoms with Crippen molar-refractivity contribution in [2.24, 2.45) is 0 Å². The molecule has 0 saturated heterocycles. The van der Waals surface area contributed by atoms with Gasteiger partial charge >= 0.3 is 0 Å². The lowest BCUT2D eigenvalue weighted by Gasteiger charge is -2.12. The van der Waals surface area contributed by atoms with E-state index in [1.807, 2.05) is 13.0 Å². The Hall–Kier alpha value is -3.20. The summed E-state index contributed by atoms with van der Waals surface area (Å²) in [5.74, 6) is -0.279. The number of benzene rings is 1. The molecule has 2 amide bonds. The Morgan fingerprint density at radius 3 is 2.84 bits per heavy atom. The topological polar surface area (TPSA) is 102 Å². The SMILES string of the molecule is COc1ccc(C)cc1NC(=O)CNC(=O)Cn1cnc2sc3c(c2c1=O)CCCC3. The average Bonchev–Trinajstić information content (AvgIpc) is 3.14. The van der Waals surface area contributed by atoms with E-state index >= 15 is 0 Å². The van der Waals surface area contributed by atoms with Gasteiger partial charge in [0.15, 0.2) is 0 Å². The summed E-state index contributed by atoms with van der Waals surface area (Å²) in [6.07, 6.45) is 5.47. The smallest absolute Gasteiger partial charge is 0.262 e. The van der Waals surface area contributed by atoms with Crippen molar-refractivity contribution in [1.29, 1.82) is 0 Å². The van der Waals surface area contributed by atoms with E-state index < -0.39 is 5.91 Å². The number of anilines is 1. The molecule has 0 unspecified atom stereocenters. The van der Waals surface area contributed by atoms with Crippen molar-refractivity contribution in [2.45, 2.75) is 39.2 Å². The molecule has 9 heteroatoms. The highest BCUT2D eigenvalue weighted by Crippen LogP contribution is 2.33. The van der Waals surface area contributed by atoms with E-state index in [0.717, 1.165) is 41.6 Å². The van der Waals surface area contributed by atoms with Crippen molar-refractivity contribution in [1.82, 2.24) is 14.9 Å². The van der Waals surface area contributed by atoms with Crippen molar-refractivity contribution >= 4 is 39.1 Å². The number of methoxy groups -OCH3 is 1. The molecular formula is C22H24N4O4S. The molecule has 0 fully saturated rings. The van der Waals surface area contributed by atoms with Crippen LogP contribution in [0.3, 0.4) is 0 Å². The molecule has 1 aromatic carbocycles. The van der Waals surface area contributed by atoms with Gasteiger partial charge in [-0.25, -0.2) is 4.98 Å². The predicted octanol–water partition coefficient (Wildman–Crippen LogP) is 2.41. The van der Waals surface area contributed by atoms with Gasteiger partial charge in [-0.15, -0.1) is 11.3 Å². The number of amides is 2. The number of nitrogens with one attached hydrogen (secondary N) is 2. The summed E-state index contributed by atoms with van der Waals surface area (Å²) < 4.78 is 6.55. The lowest BCUT2D eigenvalue weighted by atomic mass is 9.97. The first-order valence-electron chi connectivity index (χ1n) is 10.2. The van der Waals surface area contributed by atoms with Crippen LogP contribution in [0.25, 0.3) is 10.2 Å². The number of hydrogen-bond acceptors (Lipinski definition) is 6. The minimum Gasteiger partial charge on any atom is -0.495 e. The Kier molecular flexibility index (Phi) is 6.03. The third-order valence-corrected chi connectivity index (χ3v) is 6.53. The van der Waals surface area contributed by atoms with Crippen molar-refractivity contribution < 1.29 is 14.3 Å². The van der Waals surface area contributed by atoms with Gasteiger partial charge < -0.3 is 15.4 Å². The number of ether oxygens (including phenoxy) is 1. The summed E-state index contributed by atoms with van der Waals surface area (Å²) in [4.78, 5) is 43.9. The van der Waals surface area contributed by atoms with E-state index in [1.54, 1.807) is 23.5 Å². The van der Waals surface area contributed by atoms with Crippen LogP contribution in [0.2, 0.25) is 0 Å². The quantitative estimate of drug-likeness (QED) is 0.613. The van der Waals surface area contributed by atoms with Gasteiger partial charge in [0.25, 0.3) is 5.56 Å². The first-order chi connectivity index (χ1) is 15.0. The number of thiophene rings is 1. The Morgan fingerprint density at radius 1 is 1.23 bits per heavy atom. The molecule has 2 aromatic heterocycles. The third-order valence-electron chi connectivity index (χ3n) is 5.33. The van der Waals surface area contributed by atoms with Crippen LogP contribution in [-0.4, -0.2) is 35.0 Å². The van der Waals surface area contributed by atoms with Gasteiger partial charge in [0.05, 0.1) is 31.1 Å². The van der Waals surface area contributed by atoms with Crippen LogP contribution >= 0.6 is 11.3 Å². The fourth-order valence-corrected chi connectivity index (χ4v) is 5.02. The highest BCUT2D eigenvalue weighted by molar-refractivity contribution is 7.18. The highest BCUT2D eigenvalue weighted by atomic mass is 32.1. The minimum absolute atomic E-state index is 0.187. The summed E-state index contributed by atoms with van der Waals surface area (Å²) >= 11 is 1.57. The van der Waals surface area contributed by atoms with Gasteiger partial charge in [-0.05, 0) is 55.9 Å². The monoisotopic (exact) mass is 440 g/mol. The van der Waals surface area contributed by atoms with Crippen LogP contribution in [-0.2, 0) is 29.0 Å². The lowest BCUT2D eigenvalue weighted by molar-refractivity contribution is -0.124. The maximum absolute atomic E-state index is 12.9. The molecule has 0 atom stereocenters. The van der Waals surface area contributed by atoms with E-state index in [9.17, 15) is 14.4 Å². The summed E-state index contributed by atoms with van der Waals surface area (Å²) in [5, 5.41) is 5.93. The molecule has 2 N–H and O–H groups in total. The van der Waals surface area contributed by atoms with Gasteiger partial charge in [0, 0.05) is 4.88 Å². The van der Waals surface area contributed by atoms with Gasteiger partial charge in [-0.2, -0.15) is 0 Å². The standard InChI is InChI=1S/C22H24N4O4S/c1-13-7-8-16(30-2)15(9-13)25-18(27)10-23-19(28)11-26-12-24-21-20(22(26)29)14-5-3-4-6-17(14)31-21/h7-9,12H,3-6,10-11H2,1-2H3,(H,23,28)(H,25,27). The number of aromatic nitrogens is 2. The Morgan fingerprint density at radius 2 is 2.03 bits per heavy atom. The maximum Gasteiger partial charge on any atom is 0.262 e. The molecule has 4 rings (SSSR count). The molecular weight excluding hydrogens is 416 g/mol. The summed E-state index contributed by atoms with van der Waals surface area (Å²) in [7, 11) is 1.52. The number of aryl methyl sites for hydroxylation is 3. The molecule has 0 saturated carbocycles. The largest absolute Gasteiger partial charge is 0.495 e. The normalized spacial score (nSPS) is 13.0. The second-order valence-electron chi connectivity index (χ2n) is 7.60. The van der Waals surface area contributed by atoms with Crippen molar-refractivity contribution in [3.05, 3.63) is 50.9 Å². The molecule has 0 aliphatic heterocycles. The maximum atomic E-state index is 12.9. The first kappa shape index (κ1) is 21.0. The highest BCUT2D eigenvalue weighted by Gasteiger charge is 2.20. The molecule has 1 aliphatic rings. The molecule has 2 heterocycles. The Labute approximate surface area is 183 Å². The summed E-state index contributed by atoms with van der Waals surface area (Å²) in [6.45, 7) is 1.51. The van der Waals surface area contributed by atoms with E-state index in [-0.39, 0.29) is 24.6 Å². The van der Waals surface area contributed by atoms with Crippen LogP contribution in [0.15, 0.2) is 29.3 Å². The van der Waals surface area contributed by atoms with Crippen molar-refractivity contribution in [3.63, 3.8) is 0 Å². The second-order valence-corrected chi connectivity index (χ2v) is 8.68. The molecule has 0 spiro atoms. The zero-order valence-electron chi connectivity index (χ0n) is 17.5. The molecule has 0 bridgehead atoms. The zero-order chi connectivity index (χ0) is 22.0. The Balaban J connectivity index is 1.41. The fourth-order valence-electron chi connectivity index (χ4n) is 3.80. The molecule has 3 aromatic rings. The van der Waals surface area contributed by atoms with E-state index in [2.05, 4.69) is 15.6 Å². The summed E-state index contributed by atoms with van der Waals surface area (Å²) in [5.41, 5.74) is 2.39. The van der Waals surface area contributed by atoms with Crippen LogP contribution in [0.5, 0.6) is 5.75 Å². The summed E-state index contributed by atoms with van der Waals surface area (Å²) in [6, 6.07) is 5.44. The van der Waals surface area contributed by atoms with Gasteiger partial charge in [-0.1, -0.05) is 6.07 Å². The van der Waals surface area contributed by atoms with Crippen LogP contribution in [0, 0.1) is 6.92 Å². The van der Waals surface area contributed by atoms with Crippen LogP contribution in [0.1, 0.15) is 28.8 Å². The number of fused-ring (bicyclic) bond motifs is 3. The van der Waals surface area contributed by atoms with Crippen LogP contribution in [0.4, 0.5) is 5.69 Å². The minimum atomic E-state index is -0.432. The van der Waals surface area contributed by atoms with Crippen LogP contribution < -0.4 is 20.9 Å². The third kappa shape index (κ3) is 4.46. The van der Waals surface area contributed by atoms with Crippen molar-refractivity contribution in [3.8, 4) is 5.75 Å². The lowest BCUT2D eigenvalue weighted by Crippen LogP contribution is -2.37. The van der Waals surface area contributed by atoms with E-state index in [0.29, 0.717) is 16.8 Å². The first-order valence-corrected chi connectivity index (χ1v) is 11.0. The zero-order valence-corrected chi connectivity index (χ0v) is 18.3. The average molecular weight is 441 g/mol. The number of carbonyl (C=O) groups excluding carboxylic acids is 2.